The lowest BCUT2D eigenvalue weighted by atomic mass is 9.97. The van der Waals surface area contributed by atoms with Gasteiger partial charge in [-0.1, -0.05) is 0 Å². The van der Waals surface area contributed by atoms with Crippen molar-refractivity contribution in [1.29, 1.82) is 0 Å². The fourth-order valence-corrected chi connectivity index (χ4v) is 3.03. The first-order valence-corrected chi connectivity index (χ1v) is 7.31. The van der Waals surface area contributed by atoms with E-state index in [1.165, 1.54) is 0 Å². The summed E-state index contributed by atoms with van der Waals surface area (Å²) in [5, 5.41) is 2.71. The zero-order valence-electron chi connectivity index (χ0n) is 11.9. The third-order valence-electron chi connectivity index (χ3n) is 4.14. The van der Waals surface area contributed by atoms with Crippen LogP contribution in [0.4, 0.5) is 0 Å². The second-order valence-electron chi connectivity index (χ2n) is 5.69. The number of hydrogen-bond acceptors (Lipinski definition) is 3. The van der Waals surface area contributed by atoms with Gasteiger partial charge in [0.25, 0.3) is 0 Å². The Balaban J connectivity index is 1.84. The Kier molecular flexibility index (Phi) is 4.80. The van der Waals surface area contributed by atoms with Crippen LogP contribution in [-0.2, 0) is 14.3 Å². The van der Waals surface area contributed by atoms with Gasteiger partial charge >= 0.3 is 11.8 Å². The quantitative estimate of drug-likeness (QED) is 0.762. The first kappa shape index (κ1) is 14.3. The molecule has 0 aromatic heterocycles. The summed E-state index contributed by atoms with van der Waals surface area (Å²) >= 11 is 0. The molecular formula is C14H24N2O3. The number of nitrogens with zero attached hydrogens (tertiary/aromatic N) is 1. The highest BCUT2D eigenvalue weighted by atomic mass is 16.5. The maximum atomic E-state index is 12.2. The highest BCUT2D eigenvalue weighted by Crippen LogP contribution is 2.22. The van der Waals surface area contributed by atoms with Gasteiger partial charge in [-0.3, -0.25) is 9.59 Å². The SMILES string of the molecule is CC1CCCC(C)N1C(=O)C(=O)NCC1CCCO1. The molecule has 2 amide bonds. The monoisotopic (exact) mass is 268 g/mol. The Morgan fingerprint density at radius 1 is 1.16 bits per heavy atom. The summed E-state index contributed by atoms with van der Waals surface area (Å²) in [5.74, 6) is -0.881. The van der Waals surface area contributed by atoms with Crippen LogP contribution in [0.15, 0.2) is 0 Å². The maximum absolute atomic E-state index is 12.2. The molecule has 2 aliphatic heterocycles. The van der Waals surface area contributed by atoms with E-state index in [2.05, 4.69) is 5.32 Å². The highest BCUT2D eigenvalue weighted by Gasteiger charge is 2.32. The molecular weight excluding hydrogens is 244 g/mol. The van der Waals surface area contributed by atoms with E-state index in [0.717, 1.165) is 38.7 Å². The Labute approximate surface area is 114 Å². The Hall–Kier alpha value is -1.10. The molecule has 0 aromatic carbocycles. The zero-order valence-corrected chi connectivity index (χ0v) is 11.9. The van der Waals surface area contributed by atoms with Crippen LogP contribution >= 0.6 is 0 Å². The smallest absolute Gasteiger partial charge is 0.312 e. The fraction of sp³-hybridized carbons (Fsp3) is 0.857. The van der Waals surface area contributed by atoms with Gasteiger partial charge in [0, 0.05) is 25.2 Å². The van der Waals surface area contributed by atoms with Crippen molar-refractivity contribution in [3.63, 3.8) is 0 Å². The molecule has 5 heteroatoms. The molecule has 5 nitrogen and oxygen atoms in total. The van der Waals surface area contributed by atoms with Crippen molar-refractivity contribution in [3.05, 3.63) is 0 Å². The molecule has 0 bridgehead atoms. The average molecular weight is 268 g/mol. The number of hydrogen-bond donors (Lipinski definition) is 1. The zero-order chi connectivity index (χ0) is 13.8. The van der Waals surface area contributed by atoms with Gasteiger partial charge in [0.15, 0.2) is 0 Å². The van der Waals surface area contributed by atoms with Crippen molar-refractivity contribution in [2.75, 3.05) is 13.2 Å². The van der Waals surface area contributed by atoms with Crippen LogP contribution in [0.25, 0.3) is 0 Å². The number of nitrogens with one attached hydrogen (secondary N) is 1. The molecule has 2 heterocycles. The molecule has 0 spiro atoms. The van der Waals surface area contributed by atoms with Crippen molar-refractivity contribution in [1.82, 2.24) is 10.2 Å². The summed E-state index contributed by atoms with van der Waals surface area (Å²) in [6.07, 6.45) is 5.17. The first-order valence-electron chi connectivity index (χ1n) is 7.31. The van der Waals surface area contributed by atoms with Crippen molar-refractivity contribution >= 4 is 11.8 Å². The van der Waals surface area contributed by atoms with Gasteiger partial charge < -0.3 is 15.0 Å². The van der Waals surface area contributed by atoms with Crippen molar-refractivity contribution in [2.24, 2.45) is 0 Å². The molecule has 2 saturated heterocycles. The fourth-order valence-electron chi connectivity index (χ4n) is 3.03. The summed E-state index contributed by atoms with van der Waals surface area (Å²) in [6.45, 7) is 5.23. The molecule has 0 aromatic rings. The predicted octanol–water partition coefficient (Wildman–Crippen LogP) is 1.07. The van der Waals surface area contributed by atoms with E-state index in [4.69, 9.17) is 4.74 Å². The Morgan fingerprint density at radius 2 is 1.84 bits per heavy atom. The standard InChI is InChI=1S/C14H24N2O3/c1-10-5-3-6-11(2)16(10)14(18)13(17)15-9-12-7-4-8-19-12/h10-12H,3-9H2,1-2H3,(H,15,17). The molecule has 19 heavy (non-hydrogen) atoms. The summed E-state index contributed by atoms with van der Waals surface area (Å²) in [6, 6.07) is 0.314. The van der Waals surface area contributed by atoms with Gasteiger partial charge in [0.05, 0.1) is 6.10 Å². The third-order valence-corrected chi connectivity index (χ3v) is 4.14. The third kappa shape index (κ3) is 3.47. The molecule has 3 atom stereocenters. The lowest BCUT2D eigenvalue weighted by Gasteiger charge is -2.38. The molecule has 0 saturated carbocycles. The number of rotatable bonds is 2. The van der Waals surface area contributed by atoms with Crippen LogP contribution in [0, 0.1) is 0 Å². The van der Waals surface area contributed by atoms with Gasteiger partial charge in [0.1, 0.15) is 0 Å². The van der Waals surface area contributed by atoms with E-state index < -0.39 is 11.8 Å². The normalized spacial score (nSPS) is 31.3. The van der Waals surface area contributed by atoms with Crippen molar-refractivity contribution in [3.8, 4) is 0 Å². The minimum Gasteiger partial charge on any atom is -0.376 e. The second kappa shape index (κ2) is 6.37. The van der Waals surface area contributed by atoms with E-state index >= 15 is 0 Å². The van der Waals surface area contributed by atoms with Crippen LogP contribution < -0.4 is 5.32 Å². The van der Waals surface area contributed by atoms with Gasteiger partial charge in [-0.05, 0) is 46.0 Å². The maximum Gasteiger partial charge on any atom is 0.312 e. The molecule has 3 unspecified atom stereocenters. The summed E-state index contributed by atoms with van der Waals surface area (Å²) in [5.41, 5.74) is 0. The predicted molar refractivity (Wildman–Crippen MR) is 71.6 cm³/mol. The van der Waals surface area contributed by atoms with Crippen LogP contribution in [0.1, 0.15) is 46.0 Å². The lowest BCUT2D eigenvalue weighted by molar-refractivity contribution is -0.150. The van der Waals surface area contributed by atoms with Gasteiger partial charge in [0.2, 0.25) is 0 Å². The molecule has 2 fully saturated rings. The first-order chi connectivity index (χ1) is 9.09. The van der Waals surface area contributed by atoms with E-state index in [1.54, 1.807) is 4.90 Å². The lowest BCUT2D eigenvalue weighted by Crippen LogP contribution is -2.53. The van der Waals surface area contributed by atoms with E-state index in [9.17, 15) is 9.59 Å². The molecule has 108 valence electrons. The van der Waals surface area contributed by atoms with Crippen LogP contribution in [0.2, 0.25) is 0 Å². The number of carbonyl (C=O) groups is 2. The largest absolute Gasteiger partial charge is 0.376 e. The van der Waals surface area contributed by atoms with E-state index in [1.807, 2.05) is 13.8 Å². The van der Waals surface area contributed by atoms with Gasteiger partial charge in [-0.15, -0.1) is 0 Å². The number of likely N-dealkylation sites (tertiary alicyclic amines) is 1. The second-order valence-corrected chi connectivity index (χ2v) is 5.69. The number of ether oxygens (including phenoxy) is 1. The van der Waals surface area contributed by atoms with E-state index in [0.29, 0.717) is 6.54 Å². The minimum absolute atomic E-state index is 0.0768. The number of piperidine rings is 1. The molecule has 2 rings (SSSR count). The Bertz CT molecular complexity index is 330. The molecule has 0 aliphatic carbocycles. The van der Waals surface area contributed by atoms with Crippen LogP contribution in [0.5, 0.6) is 0 Å². The molecule has 2 aliphatic rings. The summed E-state index contributed by atoms with van der Waals surface area (Å²) < 4.78 is 5.43. The summed E-state index contributed by atoms with van der Waals surface area (Å²) in [7, 11) is 0. The molecule has 0 radical (unpaired) electrons. The van der Waals surface area contributed by atoms with E-state index in [-0.39, 0.29) is 18.2 Å². The van der Waals surface area contributed by atoms with Gasteiger partial charge in [-0.2, -0.15) is 0 Å². The van der Waals surface area contributed by atoms with Crippen molar-refractivity contribution in [2.45, 2.75) is 64.1 Å². The topological polar surface area (TPSA) is 58.6 Å². The summed E-state index contributed by atoms with van der Waals surface area (Å²) in [4.78, 5) is 25.9. The average Bonchev–Trinajstić information content (AvgIpc) is 2.88. The Morgan fingerprint density at radius 3 is 2.42 bits per heavy atom. The molecule has 1 N–H and O–H groups in total. The van der Waals surface area contributed by atoms with Gasteiger partial charge in [-0.25, -0.2) is 0 Å². The van der Waals surface area contributed by atoms with Crippen molar-refractivity contribution < 1.29 is 14.3 Å². The highest BCUT2D eigenvalue weighted by molar-refractivity contribution is 6.35. The number of amides is 2. The minimum atomic E-state index is -0.490. The van der Waals surface area contributed by atoms with Crippen LogP contribution in [0.3, 0.4) is 0 Å². The van der Waals surface area contributed by atoms with Crippen LogP contribution in [-0.4, -0.2) is 48.1 Å². The number of carbonyl (C=O) groups excluding carboxylic acids is 2.